The molecule has 8 nitrogen and oxygen atoms in total. The van der Waals surface area contributed by atoms with Gasteiger partial charge >= 0.3 is 0 Å². The van der Waals surface area contributed by atoms with Gasteiger partial charge < -0.3 is 24.7 Å². The molecule has 0 bridgehead atoms. The molecule has 8 heteroatoms. The Morgan fingerprint density at radius 1 is 1.08 bits per heavy atom. The van der Waals surface area contributed by atoms with Crippen molar-refractivity contribution in [3.05, 3.63) is 23.8 Å². The van der Waals surface area contributed by atoms with Gasteiger partial charge in [-0.15, -0.1) is 0 Å². The van der Waals surface area contributed by atoms with Gasteiger partial charge in [-0.1, -0.05) is 12.1 Å². The molecule has 2 N–H and O–H groups in total. The number of aliphatic imine (C=N–C) groups is 1. The van der Waals surface area contributed by atoms with E-state index in [4.69, 9.17) is 24.7 Å². The van der Waals surface area contributed by atoms with Crippen LogP contribution in [0.2, 0.25) is 0 Å². The Balaban J connectivity index is 2.30. The van der Waals surface area contributed by atoms with Crippen molar-refractivity contribution in [2.75, 3.05) is 28.4 Å². The monoisotopic (exact) mass is 342 g/mol. The molecule has 0 unspecified atom stereocenters. The molecule has 1 heterocycles. The van der Waals surface area contributed by atoms with E-state index in [1.807, 2.05) is 0 Å². The normalized spacial score (nSPS) is 31.3. The van der Waals surface area contributed by atoms with Crippen LogP contribution in [-0.4, -0.2) is 40.2 Å². The fourth-order valence-corrected chi connectivity index (χ4v) is 4.13. The Morgan fingerprint density at radius 2 is 1.76 bits per heavy atom. The maximum absolute atomic E-state index is 10.0. The van der Waals surface area contributed by atoms with E-state index in [1.165, 1.54) is 28.4 Å². The largest absolute Gasteiger partial charge is 0.493 e. The molecule has 1 aromatic rings. The van der Waals surface area contributed by atoms with Gasteiger partial charge in [-0.05, 0) is 6.07 Å². The van der Waals surface area contributed by atoms with Crippen molar-refractivity contribution in [2.45, 2.75) is 11.8 Å². The standard InChI is InChI=1S/C17H18N4O4/c1-22-11-7-5-6-10(12(11)23-2)13-15(8-18)14(20)21-17(24-3,25-4)16(13,15)9-19/h5-7,13H,1-4H3,(H2,20,21)/t13-,15-,16+/m1/s1. The predicted molar refractivity (Wildman–Crippen MR) is 86.8 cm³/mol. The highest BCUT2D eigenvalue weighted by molar-refractivity contribution is 6.00. The Kier molecular flexibility index (Phi) is 3.64. The number of hydrogen-bond acceptors (Lipinski definition) is 8. The van der Waals surface area contributed by atoms with Gasteiger partial charge in [0.05, 0.1) is 26.4 Å². The van der Waals surface area contributed by atoms with Crippen molar-refractivity contribution in [1.82, 2.24) is 0 Å². The first-order chi connectivity index (χ1) is 12.0. The average Bonchev–Trinajstić information content (AvgIpc) is 3.22. The minimum atomic E-state index is -1.67. The van der Waals surface area contributed by atoms with Crippen LogP contribution in [0.5, 0.6) is 11.5 Å². The molecule has 3 atom stereocenters. The second-order valence-electron chi connectivity index (χ2n) is 5.84. The van der Waals surface area contributed by atoms with Crippen molar-refractivity contribution in [3.8, 4) is 23.6 Å². The van der Waals surface area contributed by atoms with Crippen molar-refractivity contribution in [2.24, 2.45) is 21.6 Å². The fourth-order valence-electron chi connectivity index (χ4n) is 4.13. The number of fused-ring (bicyclic) bond motifs is 1. The van der Waals surface area contributed by atoms with Crippen LogP contribution in [0.4, 0.5) is 0 Å². The second kappa shape index (κ2) is 5.35. The van der Waals surface area contributed by atoms with Gasteiger partial charge in [0.25, 0.3) is 5.91 Å². The lowest BCUT2D eigenvalue weighted by atomic mass is 9.93. The number of rotatable bonds is 5. The smallest absolute Gasteiger partial charge is 0.292 e. The maximum atomic E-state index is 10.0. The molecule has 0 aromatic heterocycles. The van der Waals surface area contributed by atoms with E-state index in [9.17, 15) is 10.5 Å². The van der Waals surface area contributed by atoms with Crippen molar-refractivity contribution in [3.63, 3.8) is 0 Å². The average molecular weight is 342 g/mol. The number of hydrogen-bond donors (Lipinski definition) is 1. The summed E-state index contributed by atoms with van der Waals surface area (Å²) in [5.41, 5.74) is 3.90. The Bertz CT molecular complexity index is 836. The molecule has 1 aromatic carbocycles. The maximum Gasteiger partial charge on any atom is 0.292 e. The van der Waals surface area contributed by atoms with Crippen LogP contribution in [-0.2, 0) is 9.47 Å². The van der Waals surface area contributed by atoms with E-state index in [-0.39, 0.29) is 5.84 Å². The lowest BCUT2D eigenvalue weighted by molar-refractivity contribution is -0.230. The van der Waals surface area contributed by atoms with Gasteiger partial charge in [-0.2, -0.15) is 10.5 Å². The molecular weight excluding hydrogens is 324 g/mol. The van der Waals surface area contributed by atoms with Crippen LogP contribution >= 0.6 is 0 Å². The number of methoxy groups -OCH3 is 4. The highest BCUT2D eigenvalue weighted by atomic mass is 16.7. The fraction of sp³-hybridized carbons (Fsp3) is 0.471. The van der Waals surface area contributed by atoms with Crippen LogP contribution in [0.1, 0.15) is 11.5 Å². The zero-order chi connectivity index (χ0) is 18.5. The first-order valence-electron chi connectivity index (χ1n) is 7.49. The van der Waals surface area contributed by atoms with Crippen LogP contribution in [0.3, 0.4) is 0 Å². The molecule has 130 valence electrons. The molecule has 25 heavy (non-hydrogen) atoms. The van der Waals surface area contributed by atoms with Crippen molar-refractivity contribution in [1.29, 1.82) is 10.5 Å². The van der Waals surface area contributed by atoms with Crippen LogP contribution in [0.25, 0.3) is 0 Å². The summed E-state index contributed by atoms with van der Waals surface area (Å²) >= 11 is 0. The zero-order valence-electron chi connectivity index (χ0n) is 14.4. The number of para-hydroxylation sites is 1. The summed E-state index contributed by atoms with van der Waals surface area (Å²) in [4.78, 5) is 4.18. The molecule has 1 aliphatic heterocycles. The SMILES string of the molecule is COc1cccc([C@@H]2[C@]3(C#N)C(N)=NC(OC)(OC)[C@@]23C#N)c1OC. The lowest BCUT2D eigenvalue weighted by Crippen LogP contribution is -2.41. The Morgan fingerprint density at radius 3 is 2.24 bits per heavy atom. The summed E-state index contributed by atoms with van der Waals surface area (Å²) in [5, 5.41) is 20.0. The predicted octanol–water partition coefficient (Wildman–Crippen LogP) is 1.14. The van der Waals surface area contributed by atoms with E-state index in [1.54, 1.807) is 18.2 Å². The third-order valence-electron chi connectivity index (χ3n) is 5.23. The summed E-state index contributed by atoms with van der Waals surface area (Å²) in [6, 6.07) is 9.65. The highest BCUT2D eigenvalue weighted by Gasteiger charge is 2.94. The Hall–Kier alpha value is -2.81. The number of amidine groups is 1. The third kappa shape index (κ3) is 1.58. The quantitative estimate of drug-likeness (QED) is 0.796. The molecule has 0 amide bonds. The molecule has 1 fully saturated rings. The van der Waals surface area contributed by atoms with Crippen molar-refractivity contribution < 1.29 is 18.9 Å². The number of nitriles is 2. The molecular formula is C17H18N4O4. The van der Waals surface area contributed by atoms with E-state index >= 15 is 0 Å². The summed E-state index contributed by atoms with van der Waals surface area (Å²) in [6.07, 6.45) is 0. The topological polar surface area (TPSA) is 123 Å². The number of nitrogens with zero attached hydrogens (tertiary/aromatic N) is 3. The summed E-state index contributed by atoms with van der Waals surface area (Å²) in [5.74, 6) is -1.38. The highest BCUT2D eigenvalue weighted by Crippen LogP contribution is 2.82. The molecule has 1 saturated carbocycles. The van der Waals surface area contributed by atoms with Crippen LogP contribution < -0.4 is 15.2 Å². The van der Waals surface area contributed by atoms with Crippen molar-refractivity contribution >= 4 is 5.84 Å². The molecule has 2 aliphatic rings. The van der Waals surface area contributed by atoms with E-state index < -0.39 is 22.7 Å². The second-order valence-corrected chi connectivity index (χ2v) is 5.84. The van der Waals surface area contributed by atoms with E-state index in [0.29, 0.717) is 17.1 Å². The van der Waals surface area contributed by atoms with Crippen LogP contribution in [0, 0.1) is 33.5 Å². The van der Waals surface area contributed by atoms with Crippen LogP contribution in [0.15, 0.2) is 23.2 Å². The van der Waals surface area contributed by atoms with Gasteiger partial charge in [0.1, 0.15) is 11.3 Å². The third-order valence-corrected chi connectivity index (χ3v) is 5.23. The molecule has 0 spiro atoms. The lowest BCUT2D eigenvalue weighted by Gasteiger charge is -2.29. The number of ether oxygens (including phenoxy) is 4. The molecule has 0 saturated heterocycles. The summed E-state index contributed by atoms with van der Waals surface area (Å²) < 4.78 is 21.7. The van der Waals surface area contributed by atoms with Gasteiger partial charge in [-0.3, -0.25) is 0 Å². The van der Waals surface area contributed by atoms with E-state index in [2.05, 4.69) is 17.1 Å². The molecule has 1 aliphatic carbocycles. The van der Waals surface area contributed by atoms with Gasteiger partial charge in [-0.25, -0.2) is 4.99 Å². The first kappa shape index (κ1) is 17.0. The van der Waals surface area contributed by atoms with Gasteiger partial charge in [0.15, 0.2) is 16.9 Å². The number of benzene rings is 1. The first-order valence-corrected chi connectivity index (χ1v) is 7.49. The number of nitrogens with two attached hydrogens (primary N) is 1. The molecule has 3 rings (SSSR count). The minimum Gasteiger partial charge on any atom is -0.493 e. The van der Waals surface area contributed by atoms with Gasteiger partial charge in [0.2, 0.25) is 0 Å². The zero-order valence-corrected chi connectivity index (χ0v) is 14.4. The molecule has 0 radical (unpaired) electrons. The van der Waals surface area contributed by atoms with E-state index in [0.717, 1.165) is 0 Å². The van der Waals surface area contributed by atoms with Gasteiger partial charge in [0, 0.05) is 25.7 Å². The minimum absolute atomic E-state index is 0.00937. The Labute approximate surface area is 145 Å². The summed E-state index contributed by atoms with van der Waals surface area (Å²) in [6.45, 7) is 0. The summed E-state index contributed by atoms with van der Waals surface area (Å²) in [7, 11) is 5.74.